The van der Waals surface area contributed by atoms with Crippen molar-refractivity contribution in [3.63, 3.8) is 0 Å². The highest BCUT2D eigenvalue weighted by Crippen LogP contribution is 2.09. The highest BCUT2D eigenvalue weighted by atomic mass is 19.1. The third kappa shape index (κ3) is 7.71. The van der Waals surface area contributed by atoms with Gasteiger partial charge in [-0.05, 0) is 12.1 Å². The molecule has 7 heteroatoms. The van der Waals surface area contributed by atoms with Crippen molar-refractivity contribution < 1.29 is 32.9 Å². The van der Waals surface area contributed by atoms with Crippen molar-refractivity contribution in [2.45, 2.75) is 12.2 Å². The van der Waals surface area contributed by atoms with Gasteiger partial charge in [0, 0.05) is 0 Å². The predicted octanol–water partition coefficient (Wildman–Crippen LogP) is 1.85. The highest BCUT2D eigenvalue weighted by Gasteiger charge is 2.15. The number of hydrogen-bond donors (Lipinski definition) is 1. The molecule has 1 aromatic carbocycles. The summed E-state index contributed by atoms with van der Waals surface area (Å²) in [6.07, 6.45) is -2.02. The van der Waals surface area contributed by atoms with E-state index in [0.29, 0.717) is 5.75 Å². The minimum absolute atomic E-state index is 0.0221. The van der Waals surface area contributed by atoms with Gasteiger partial charge in [0.1, 0.15) is 44.5 Å². The number of aliphatic hydroxyl groups excluding tert-OH is 1. The van der Waals surface area contributed by atoms with E-state index >= 15 is 0 Å². The maximum absolute atomic E-state index is 12.9. The third-order valence-corrected chi connectivity index (χ3v) is 2.73. The van der Waals surface area contributed by atoms with Gasteiger partial charge in [0.2, 0.25) is 0 Å². The maximum atomic E-state index is 12.9. The van der Waals surface area contributed by atoms with E-state index in [1.54, 1.807) is 24.3 Å². The molecule has 128 valence electrons. The molecule has 0 radical (unpaired) electrons. The summed E-state index contributed by atoms with van der Waals surface area (Å²) < 4.78 is 40.1. The van der Waals surface area contributed by atoms with Crippen LogP contribution in [-0.4, -0.2) is 56.5 Å². The minimum atomic E-state index is -1.16. The zero-order valence-corrected chi connectivity index (χ0v) is 12.6. The first-order valence-electron chi connectivity index (χ1n) is 7.01. The predicted molar refractivity (Wildman–Crippen MR) is 79.7 cm³/mol. The van der Waals surface area contributed by atoms with Gasteiger partial charge in [0.25, 0.3) is 0 Å². The fourth-order valence-corrected chi connectivity index (χ4v) is 1.47. The van der Waals surface area contributed by atoms with Crippen LogP contribution in [0.3, 0.4) is 0 Å². The molecule has 0 aliphatic rings. The molecule has 1 aromatic rings. The average molecular weight is 330 g/mol. The van der Waals surface area contributed by atoms with Crippen LogP contribution in [0.15, 0.2) is 42.5 Å². The largest absolute Gasteiger partial charge is 0.491 e. The number of ether oxygens (including phenoxy) is 3. The SMILES string of the molecule is C=C(CF)C(=O)OCC(O)COC(CF)COc1ccccc1. The molecule has 2 atom stereocenters. The van der Waals surface area contributed by atoms with Gasteiger partial charge in [-0.25, -0.2) is 13.6 Å². The van der Waals surface area contributed by atoms with Gasteiger partial charge in [-0.15, -0.1) is 0 Å². The normalized spacial score (nSPS) is 13.2. The smallest absolute Gasteiger partial charge is 0.336 e. The van der Waals surface area contributed by atoms with Gasteiger partial charge in [-0.1, -0.05) is 24.8 Å². The van der Waals surface area contributed by atoms with E-state index in [2.05, 4.69) is 11.3 Å². The van der Waals surface area contributed by atoms with E-state index in [4.69, 9.17) is 9.47 Å². The van der Waals surface area contributed by atoms with Crippen LogP contribution < -0.4 is 4.74 Å². The Morgan fingerprint density at radius 3 is 2.48 bits per heavy atom. The Morgan fingerprint density at radius 1 is 1.17 bits per heavy atom. The van der Waals surface area contributed by atoms with E-state index in [1.807, 2.05) is 6.07 Å². The van der Waals surface area contributed by atoms with Crippen molar-refractivity contribution in [1.29, 1.82) is 0 Å². The Balaban J connectivity index is 2.25. The van der Waals surface area contributed by atoms with Crippen LogP contribution in [0.5, 0.6) is 5.75 Å². The molecular weight excluding hydrogens is 310 g/mol. The number of rotatable bonds is 11. The summed E-state index contributed by atoms with van der Waals surface area (Å²) in [4.78, 5) is 11.1. The number of aliphatic hydroxyl groups is 1. The summed E-state index contributed by atoms with van der Waals surface area (Å²) in [7, 11) is 0. The van der Waals surface area contributed by atoms with Crippen LogP contribution in [0.2, 0.25) is 0 Å². The van der Waals surface area contributed by atoms with Gasteiger partial charge in [0.05, 0.1) is 12.2 Å². The van der Waals surface area contributed by atoms with E-state index in [-0.39, 0.29) is 18.8 Å². The lowest BCUT2D eigenvalue weighted by atomic mass is 10.3. The summed E-state index contributed by atoms with van der Waals surface area (Å²) in [6.45, 7) is 0.685. The topological polar surface area (TPSA) is 65.0 Å². The number of hydrogen-bond acceptors (Lipinski definition) is 5. The number of alkyl halides is 2. The van der Waals surface area contributed by atoms with Crippen molar-refractivity contribution in [2.75, 3.05) is 33.2 Å². The molecule has 0 aliphatic heterocycles. The molecule has 1 rings (SSSR count). The van der Waals surface area contributed by atoms with E-state index < -0.39 is 38.1 Å². The van der Waals surface area contributed by atoms with Crippen LogP contribution in [0, 0.1) is 0 Å². The molecule has 5 nitrogen and oxygen atoms in total. The lowest BCUT2D eigenvalue weighted by Gasteiger charge is -2.18. The number of benzene rings is 1. The molecule has 0 heterocycles. The van der Waals surface area contributed by atoms with Crippen molar-refractivity contribution in [1.82, 2.24) is 0 Å². The second-order valence-electron chi connectivity index (χ2n) is 4.72. The maximum Gasteiger partial charge on any atom is 0.336 e. The molecule has 0 spiro atoms. The van der Waals surface area contributed by atoms with Crippen LogP contribution in [0.1, 0.15) is 0 Å². The van der Waals surface area contributed by atoms with Gasteiger partial charge >= 0.3 is 5.97 Å². The summed E-state index contributed by atoms with van der Waals surface area (Å²) >= 11 is 0. The standard InChI is InChI=1S/C16H20F2O5/c1-12(7-17)16(20)23-10-13(19)9-21-15(8-18)11-22-14-5-3-2-4-6-14/h2-6,13,15,19H,1,7-11H2. The zero-order valence-electron chi connectivity index (χ0n) is 12.6. The fourth-order valence-electron chi connectivity index (χ4n) is 1.47. The Kier molecular flexibility index (Phi) is 8.86. The van der Waals surface area contributed by atoms with Gasteiger partial charge < -0.3 is 19.3 Å². The number of carbonyl (C=O) groups is 1. The zero-order chi connectivity index (χ0) is 17.1. The van der Waals surface area contributed by atoms with Crippen LogP contribution in [0.25, 0.3) is 0 Å². The van der Waals surface area contributed by atoms with Crippen molar-refractivity contribution in [3.05, 3.63) is 42.5 Å². The third-order valence-electron chi connectivity index (χ3n) is 2.73. The lowest BCUT2D eigenvalue weighted by molar-refractivity contribution is -0.144. The van der Waals surface area contributed by atoms with Crippen molar-refractivity contribution >= 4 is 5.97 Å². The summed E-state index contributed by atoms with van der Waals surface area (Å²) in [5.41, 5.74) is -0.337. The Labute approximate surface area is 133 Å². The molecular formula is C16H20F2O5. The Hall–Kier alpha value is -1.99. The minimum Gasteiger partial charge on any atom is -0.491 e. The molecule has 0 bridgehead atoms. The molecule has 0 amide bonds. The van der Waals surface area contributed by atoms with Gasteiger partial charge in [-0.2, -0.15) is 0 Å². The monoisotopic (exact) mass is 330 g/mol. The van der Waals surface area contributed by atoms with E-state index in [9.17, 15) is 18.7 Å². The molecule has 0 aliphatic carbocycles. The van der Waals surface area contributed by atoms with Crippen LogP contribution in [-0.2, 0) is 14.3 Å². The van der Waals surface area contributed by atoms with E-state index in [1.165, 1.54) is 0 Å². The number of para-hydroxylation sites is 1. The Morgan fingerprint density at radius 2 is 1.87 bits per heavy atom. The number of esters is 1. The molecule has 0 saturated heterocycles. The second kappa shape index (κ2) is 10.7. The molecule has 2 unspecified atom stereocenters. The lowest BCUT2D eigenvalue weighted by Crippen LogP contribution is -2.31. The van der Waals surface area contributed by atoms with Gasteiger partial charge in [0.15, 0.2) is 0 Å². The summed E-state index contributed by atoms with van der Waals surface area (Å²) in [5.74, 6) is -0.352. The molecule has 23 heavy (non-hydrogen) atoms. The average Bonchev–Trinajstić information content (AvgIpc) is 2.59. The second-order valence-corrected chi connectivity index (χ2v) is 4.72. The van der Waals surface area contributed by atoms with Crippen LogP contribution in [0.4, 0.5) is 8.78 Å². The van der Waals surface area contributed by atoms with Crippen molar-refractivity contribution in [2.24, 2.45) is 0 Å². The first-order chi connectivity index (χ1) is 11.1. The first kappa shape index (κ1) is 19.1. The number of halogens is 2. The highest BCUT2D eigenvalue weighted by molar-refractivity contribution is 5.87. The summed E-state index contributed by atoms with van der Waals surface area (Å²) in [5, 5.41) is 9.59. The quantitative estimate of drug-likeness (QED) is 0.495. The molecule has 0 aromatic heterocycles. The summed E-state index contributed by atoms with van der Waals surface area (Å²) in [6, 6.07) is 8.84. The fraction of sp³-hybridized carbons (Fsp3) is 0.438. The van der Waals surface area contributed by atoms with Gasteiger partial charge in [-0.3, -0.25) is 0 Å². The van der Waals surface area contributed by atoms with Crippen LogP contribution >= 0.6 is 0 Å². The molecule has 0 fully saturated rings. The van der Waals surface area contributed by atoms with Crippen molar-refractivity contribution in [3.8, 4) is 5.75 Å². The molecule has 0 saturated carbocycles. The first-order valence-corrected chi connectivity index (χ1v) is 7.01. The molecule has 1 N–H and O–H groups in total. The Bertz CT molecular complexity index is 481. The number of carbonyl (C=O) groups excluding carboxylic acids is 1. The van der Waals surface area contributed by atoms with E-state index in [0.717, 1.165) is 0 Å².